The van der Waals surface area contributed by atoms with Crippen molar-refractivity contribution in [3.8, 4) is 0 Å². The fourth-order valence-electron chi connectivity index (χ4n) is 2.28. The molecule has 0 saturated heterocycles. The summed E-state index contributed by atoms with van der Waals surface area (Å²) in [7, 11) is 0. The summed E-state index contributed by atoms with van der Waals surface area (Å²) in [6, 6.07) is 11.7. The van der Waals surface area contributed by atoms with E-state index in [-0.39, 0.29) is 12.8 Å². The molecule has 0 fully saturated rings. The van der Waals surface area contributed by atoms with Crippen LogP contribution in [0.25, 0.3) is 10.9 Å². The van der Waals surface area contributed by atoms with Crippen LogP contribution in [0, 0.1) is 0 Å². The van der Waals surface area contributed by atoms with Crippen LogP contribution in [0.1, 0.15) is 25.0 Å². The number of benzene rings is 1. The summed E-state index contributed by atoms with van der Waals surface area (Å²) in [6.07, 6.45) is -0.978. The van der Waals surface area contributed by atoms with Crippen LogP contribution in [-0.2, 0) is 11.2 Å². The van der Waals surface area contributed by atoms with Crippen molar-refractivity contribution in [1.82, 2.24) is 4.98 Å². The first-order valence-electron chi connectivity index (χ1n) is 6.97. The Hall–Kier alpha value is -1.98. The molecule has 0 aliphatic heterocycles. The first kappa shape index (κ1) is 15.4. The van der Waals surface area contributed by atoms with E-state index in [0.29, 0.717) is 12.8 Å². The van der Waals surface area contributed by atoms with Crippen LogP contribution in [0.3, 0.4) is 0 Å². The molecule has 2 aromatic rings. The predicted octanol–water partition coefficient (Wildman–Crippen LogP) is 1.75. The fraction of sp³-hybridized carbons (Fsp3) is 0.375. The number of aliphatic hydroxyl groups excluding tert-OH is 2. The predicted molar refractivity (Wildman–Crippen MR) is 78.9 cm³/mol. The lowest BCUT2D eigenvalue weighted by molar-refractivity contribution is -0.139. The average molecular weight is 289 g/mol. The Labute approximate surface area is 122 Å². The van der Waals surface area contributed by atoms with Crippen LogP contribution in [-0.4, -0.2) is 38.5 Å². The lowest BCUT2D eigenvalue weighted by Gasteiger charge is -2.14. The van der Waals surface area contributed by atoms with Crippen LogP contribution in [0.5, 0.6) is 0 Å². The molecule has 2 rings (SSSR count). The van der Waals surface area contributed by atoms with Crippen molar-refractivity contribution in [2.75, 3.05) is 0 Å². The van der Waals surface area contributed by atoms with Gasteiger partial charge >= 0.3 is 5.97 Å². The number of carboxylic acid groups (broad SMARTS) is 1. The molecule has 2 unspecified atom stereocenters. The van der Waals surface area contributed by atoms with Crippen molar-refractivity contribution in [3.63, 3.8) is 0 Å². The molecule has 0 aliphatic carbocycles. The molecule has 1 heterocycles. The number of fused-ring (bicyclic) bond motifs is 1. The van der Waals surface area contributed by atoms with E-state index < -0.39 is 18.2 Å². The van der Waals surface area contributed by atoms with Gasteiger partial charge in [-0.25, -0.2) is 0 Å². The van der Waals surface area contributed by atoms with Gasteiger partial charge in [-0.1, -0.05) is 24.3 Å². The average Bonchev–Trinajstić information content (AvgIpc) is 2.44. The highest BCUT2D eigenvalue weighted by molar-refractivity contribution is 5.78. The minimum atomic E-state index is -1.06. The van der Waals surface area contributed by atoms with Crippen molar-refractivity contribution in [2.45, 2.75) is 37.9 Å². The van der Waals surface area contributed by atoms with Gasteiger partial charge in [-0.15, -0.1) is 0 Å². The zero-order valence-corrected chi connectivity index (χ0v) is 11.6. The number of carboxylic acids is 1. The molecule has 0 bridgehead atoms. The van der Waals surface area contributed by atoms with Gasteiger partial charge in [0.25, 0.3) is 0 Å². The van der Waals surface area contributed by atoms with Crippen molar-refractivity contribution in [3.05, 3.63) is 42.1 Å². The van der Waals surface area contributed by atoms with E-state index in [9.17, 15) is 15.0 Å². The van der Waals surface area contributed by atoms with Crippen molar-refractivity contribution in [1.29, 1.82) is 0 Å². The van der Waals surface area contributed by atoms with Gasteiger partial charge in [-0.05, 0) is 31.4 Å². The van der Waals surface area contributed by atoms with E-state index in [0.717, 1.165) is 16.6 Å². The Bertz CT molecular complexity index is 614. The number of aliphatic carboxylic acids is 1. The minimum Gasteiger partial charge on any atom is -0.481 e. The smallest absolute Gasteiger partial charge is 0.305 e. The second-order valence-electron chi connectivity index (χ2n) is 5.18. The lowest BCUT2D eigenvalue weighted by Crippen LogP contribution is -2.21. The van der Waals surface area contributed by atoms with E-state index in [1.54, 1.807) is 0 Å². The fourth-order valence-corrected chi connectivity index (χ4v) is 2.28. The zero-order valence-electron chi connectivity index (χ0n) is 11.6. The minimum absolute atomic E-state index is 0.0693. The number of rotatable bonds is 7. The number of hydrogen-bond acceptors (Lipinski definition) is 4. The molecule has 0 aliphatic rings. The summed E-state index contributed by atoms with van der Waals surface area (Å²) in [5.41, 5.74) is 1.79. The van der Waals surface area contributed by atoms with Crippen molar-refractivity contribution < 1.29 is 20.1 Å². The molecule has 0 amide bonds. The first-order chi connectivity index (χ1) is 10.0. The van der Waals surface area contributed by atoms with Gasteiger partial charge in [-0.2, -0.15) is 0 Å². The molecular formula is C16H19NO4. The summed E-state index contributed by atoms with van der Waals surface area (Å²) in [6.45, 7) is 0. The molecule has 21 heavy (non-hydrogen) atoms. The molecule has 0 spiro atoms. The van der Waals surface area contributed by atoms with Gasteiger partial charge in [0.2, 0.25) is 0 Å². The summed E-state index contributed by atoms with van der Waals surface area (Å²) >= 11 is 0. The molecule has 2 atom stereocenters. The summed E-state index contributed by atoms with van der Waals surface area (Å²) in [5.74, 6) is -1.06. The molecule has 112 valence electrons. The molecule has 5 nitrogen and oxygen atoms in total. The van der Waals surface area contributed by atoms with E-state index in [1.807, 2.05) is 36.4 Å². The molecule has 3 N–H and O–H groups in total. The van der Waals surface area contributed by atoms with Crippen LogP contribution < -0.4 is 0 Å². The topological polar surface area (TPSA) is 90.7 Å². The van der Waals surface area contributed by atoms with Crippen molar-refractivity contribution >= 4 is 16.9 Å². The quantitative estimate of drug-likeness (QED) is 0.722. The maximum atomic E-state index is 10.4. The third kappa shape index (κ3) is 4.81. The van der Waals surface area contributed by atoms with Crippen LogP contribution >= 0.6 is 0 Å². The van der Waals surface area contributed by atoms with E-state index in [4.69, 9.17) is 5.11 Å². The second kappa shape index (κ2) is 7.15. The largest absolute Gasteiger partial charge is 0.481 e. The molecule has 5 heteroatoms. The molecule has 0 saturated carbocycles. The Morgan fingerprint density at radius 2 is 1.86 bits per heavy atom. The number of nitrogens with zero attached hydrogens (tertiary/aromatic N) is 1. The number of hydrogen-bond donors (Lipinski definition) is 3. The third-order valence-corrected chi connectivity index (χ3v) is 3.34. The zero-order chi connectivity index (χ0) is 15.2. The maximum Gasteiger partial charge on any atom is 0.305 e. The van der Waals surface area contributed by atoms with Gasteiger partial charge in [0.05, 0.1) is 24.1 Å². The highest BCUT2D eigenvalue weighted by Gasteiger charge is 2.15. The summed E-state index contributed by atoms with van der Waals surface area (Å²) < 4.78 is 0. The van der Waals surface area contributed by atoms with E-state index in [2.05, 4.69) is 4.98 Å². The molecule has 0 radical (unpaired) electrons. The number of carbonyl (C=O) groups is 1. The third-order valence-electron chi connectivity index (χ3n) is 3.34. The normalized spacial score (nSPS) is 14.0. The number of aryl methyl sites for hydroxylation is 1. The summed E-state index contributed by atoms with van der Waals surface area (Å²) in [5, 5.41) is 28.9. The van der Waals surface area contributed by atoms with E-state index >= 15 is 0 Å². The van der Waals surface area contributed by atoms with E-state index in [1.165, 1.54) is 0 Å². The lowest BCUT2D eigenvalue weighted by atomic mass is 10.0. The van der Waals surface area contributed by atoms with Gasteiger partial charge in [0.1, 0.15) is 0 Å². The van der Waals surface area contributed by atoms with Crippen molar-refractivity contribution in [2.24, 2.45) is 0 Å². The molecular weight excluding hydrogens is 270 g/mol. The molecule has 1 aromatic heterocycles. The summed E-state index contributed by atoms with van der Waals surface area (Å²) in [4.78, 5) is 15.0. The first-order valence-corrected chi connectivity index (χ1v) is 6.97. The van der Waals surface area contributed by atoms with Crippen LogP contribution in [0.4, 0.5) is 0 Å². The van der Waals surface area contributed by atoms with Gasteiger partial charge in [0, 0.05) is 11.1 Å². The Morgan fingerprint density at radius 1 is 1.10 bits per heavy atom. The highest BCUT2D eigenvalue weighted by Crippen LogP contribution is 2.14. The number of para-hydroxylation sites is 1. The number of pyridine rings is 1. The Morgan fingerprint density at radius 3 is 2.62 bits per heavy atom. The highest BCUT2D eigenvalue weighted by atomic mass is 16.4. The van der Waals surface area contributed by atoms with Gasteiger partial charge < -0.3 is 15.3 Å². The maximum absolute atomic E-state index is 10.4. The molecule has 1 aromatic carbocycles. The second-order valence-corrected chi connectivity index (χ2v) is 5.18. The van der Waals surface area contributed by atoms with Gasteiger partial charge in [0.15, 0.2) is 0 Å². The monoisotopic (exact) mass is 289 g/mol. The SMILES string of the molecule is O=C(O)CC(O)CC(O)CCc1ccc2ccccc2n1. The Balaban J connectivity index is 1.87. The van der Waals surface area contributed by atoms with Crippen LogP contribution in [0.2, 0.25) is 0 Å². The van der Waals surface area contributed by atoms with Gasteiger partial charge in [-0.3, -0.25) is 9.78 Å². The Kier molecular flexibility index (Phi) is 5.25. The number of aromatic nitrogens is 1. The van der Waals surface area contributed by atoms with Crippen LogP contribution in [0.15, 0.2) is 36.4 Å². The standard InChI is InChI=1S/C16H19NO4/c18-13(9-14(19)10-16(20)21)8-7-12-6-5-11-3-1-2-4-15(11)17-12/h1-6,13-14,18-19H,7-10H2,(H,20,21). The number of aliphatic hydroxyl groups is 2.